The van der Waals surface area contributed by atoms with Gasteiger partial charge in [0, 0.05) is 23.9 Å². The van der Waals surface area contributed by atoms with E-state index in [1.54, 1.807) is 12.1 Å². The highest BCUT2D eigenvalue weighted by atomic mass is 32.1. The Bertz CT molecular complexity index is 1350. The summed E-state index contributed by atoms with van der Waals surface area (Å²) in [6.07, 6.45) is 1.55. The van der Waals surface area contributed by atoms with Gasteiger partial charge in [-0.25, -0.2) is 14.2 Å². The lowest BCUT2D eigenvalue weighted by atomic mass is 10.1. The van der Waals surface area contributed by atoms with Crippen molar-refractivity contribution in [2.45, 2.75) is 18.9 Å². The van der Waals surface area contributed by atoms with Crippen LogP contribution in [0.5, 0.6) is 0 Å². The van der Waals surface area contributed by atoms with Gasteiger partial charge in [-0.15, -0.1) is 0 Å². The van der Waals surface area contributed by atoms with Crippen molar-refractivity contribution in [1.82, 2.24) is 15.0 Å². The molecule has 1 N–H and O–H groups in total. The van der Waals surface area contributed by atoms with Crippen molar-refractivity contribution in [3.8, 4) is 11.3 Å². The van der Waals surface area contributed by atoms with Crippen molar-refractivity contribution in [3.05, 3.63) is 60.1 Å². The molecule has 0 bridgehead atoms. The summed E-state index contributed by atoms with van der Waals surface area (Å²) in [5.41, 5.74) is 3.00. The highest BCUT2D eigenvalue weighted by molar-refractivity contribution is 7.80. The minimum atomic E-state index is -0.397. The van der Waals surface area contributed by atoms with Gasteiger partial charge in [-0.3, -0.25) is 0 Å². The van der Waals surface area contributed by atoms with E-state index in [9.17, 15) is 9.18 Å². The van der Waals surface area contributed by atoms with Gasteiger partial charge in [0.25, 0.3) is 0 Å². The fourth-order valence-corrected chi connectivity index (χ4v) is 5.10. The molecular weight excluding hydrogens is 463 g/mol. The molecule has 33 heavy (non-hydrogen) atoms. The second-order valence-electron chi connectivity index (χ2n) is 7.59. The van der Waals surface area contributed by atoms with E-state index in [1.807, 2.05) is 29.2 Å². The van der Waals surface area contributed by atoms with Crippen LogP contribution in [0.3, 0.4) is 0 Å². The number of carbonyl (C=O) groups excluding carboxylic acids is 1. The maximum atomic E-state index is 13.5. The molecule has 1 unspecified atom stereocenters. The zero-order valence-corrected chi connectivity index (χ0v) is 19.2. The molecule has 4 aromatic rings. The summed E-state index contributed by atoms with van der Waals surface area (Å²) in [7, 11) is 1.38. The van der Waals surface area contributed by atoms with Crippen LogP contribution >= 0.6 is 23.6 Å². The number of hydrogen-bond donors (Lipinski definition) is 1. The minimum absolute atomic E-state index is 0.286. The third kappa shape index (κ3) is 4.31. The monoisotopic (exact) mass is 482 g/mol. The molecule has 2 aromatic carbocycles. The molecule has 168 valence electrons. The number of thiazole rings is 1. The number of fused-ring (bicyclic) bond motifs is 1. The molecule has 0 radical (unpaired) electrons. The lowest BCUT2D eigenvalue weighted by Crippen LogP contribution is -2.40. The number of likely N-dealkylation sites (tertiary alicyclic amines) is 1. The smallest absolute Gasteiger partial charge is 0.328 e. The number of ether oxygens (including phenoxy) is 1. The number of methoxy groups -OCH3 is 1. The van der Waals surface area contributed by atoms with Gasteiger partial charge in [0.2, 0.25) is 0 Å². The van der Waals surface area contributed by atoms with Crippen LogP contribution in [-0.4, -0.2) is 45.7 Å². The van der Waals surface area contributed by atoms with Gasteiger partial charge >= 0.3 is 5.97 Å². The number of benzene rings is 2. The van der Waals surface area contributed by atoms with Gasteiger partial charge in [0.15, 0.2) is 10.9 Å². The molecule has 1 saturated heterocycles. The summed E-state index contributed by atoms with van der Waals surface area (Å²) < 4.78 is 24.6. The molecule has 0 amide bonds. The van der Waals surface area contributed by atoms with Crippen LogP contribution in [0.4, 0.5) is 15.2 Å². The first-order chi connectivity index (χ1) is 16.0. The Labute approximate surface area is 198 Å². The lowest BCUT2D eigenvalue weighted by Gasteiger charge is -2.23. The summed E-state index contributed by atoms with van der Waals surface area (Å²) in [5.74, 6) is -0.153. The Morgan fingerprint density at radius 2 is 2.18 bits per heavy atom. The van der Waals surface area contributed by atoms with E-state index in [4.69, 9.17) is 21.5 Å². The molecule has 7 nitrogen and oxygen atoms in total. The van der Waals surface area contributed by atoms with Crippen LogP contribution in [0, 0.1) is 5.82 Å². The van der Waals surface area contributed by atoms with Crippen LogP contribution in [-0.2, 0) is 9.53 Å². The number of thiocarbonyl (C=S) groups is 1. The summed E-state index contributed by atoms with van der Waals surface area (Å²) in [5, 5.41) is 8.10. The number of hydrogen-bond acceptors (Lipinski definition) is 8. The van der Waals surface area contributed by atoms with Crippen LogP contribution in [0.15, 0.2) is 53.1 Å². The SMILES string of the molecule is COC(=O)C1CCCN1C(=S)c1cc(-c2cccc(Nc3nc4ccc(F)cc4s3)c2)no1. The Morgan fingerprint density at radius 3 is 3.03 bits per heavy atom. The second-order valence-corrected chi connectivity index (χ2v) is 9.01. The number of esters is 1. The largest absolute Gasteiger partial charge is 0.467 e. The zero-order chi connectivity index (χ0) is 22.9. The van der Waals surface area contributed by atoms with E-state index in [2.05, 4.69) is 15.5 Å². The van der Waals surface area contributed by atoms with E-state index in [0.717, 1.165) is 27.9 Å². The standard InChI is InChI=1S/C23H19FN4O3S2/c1-30-22(29)18-6-3-9-28(18)21(32)19-12-17(27-31-19)13-4-2-5-15(10-13)25-23-26-16-8-7-14(24)11-20(16)33-23/h2,4-5,7-8,10-12,18H,3,6,9H2,1H3,(H,25,26). The van der Waals surface area contributed by atoms with E-state index < -0.39 is 6.04 Å². The lowest BCUT2D eigenvalue weighted by molar-refractivity contribution is -0.144. The molecule has 1 aliphatic heterocycles. The number of halogens is 1. The average molecular weight is 483 g/mol. The summed E-state index contributed by atoms with van der Waals surface area (Å²) in [6.45, 7) is 0.667. The maximum Gasteiger partial charge on any atom is 0.328 e. The summed E-state index contributed by atoms with van der Waals surface area (Å²) in [6, 6.07) is 13.5. The normalized spacial score (nSPS) is 15.7. The first-order valence-electron chi connectivity index (χ1n) is 10.3. The Morgan fingerprint density at radius 1 is 1.30 bits per heavy atom. The number of anilines is 2. The molecule has 1 atom stereocenters. The highest BCUT2D eigenvalue weighted by Crippen LogP contribution is 2.31. The predicted octanol–water partition coefficient (Wildman–Crippen LogP) is 5.15. The van der Waals surface area contributed by atoms with Crippen LogP contribution in [0.25, 0.3) is 21.5 Å². The fraction of sp³-hybridized carbons (Fsp3) is 0.217. The topological polar surface area (TPSA) is 80.5 Å². The number of carbonyl (C=O) groups is 1. The van der Waals surface area contributed by atoms with E-state index in [0.29, 0.717) is 34.5 Å². The molecule has 0 saturated carbocycles. The van der Waals surface area contributed by atoms with Gasteiger partial charge < -0.3 is 19.5 Å². The highest BCUT2D eigenvalue weighted by Gasteiger charge is 2.34. The maximum absolute atomic E-state index is 13.5. The Kier molecular flexibility index (Phi) is 5.77. The van der Waals surface area contributed by atoms with Gasteiger partial charge in [0.1, 0.15) is 22.5 Å². The molecule has 1 fully saturated rings. The van der Waals surface area contributed by atoms with Gasteiger partial charge in [-0.2, -0.15) is 0 Å². The zero-order valence-electron chi connectivity index (χ0n) is 17.6. The van der Waals surface area contributed by atoms with Gasteiger partial charge in [-0.05, 0) is 43.2 Å². The van der Waals surface area contributed by atoms with E-state index in [-0.39, 0.29) is 11.8 Å². The molecular formula is C23H19FN4O3S2. The molecule has 10 heteroatoms. The Hall–Kier alpha value is -3.37. The van der Waals surface area contributed by atoms with Crippen LogP contribution < -0.4 is 5.32 Å². The van der Waals surface area contributed by atoms with Crippen molar-refractivity contribution >= 4 is 55.5 Å². The van der Waals surface area contributed by atoms with Crippen LogP contribution in [0.2, 0.25) is 0 Å². The molecule has 0 aliphatic carbocycles. The second kappa shape index (κ2) is 8.87. The van der Waals surface area contributed by atoms with Crippen molar-refractivity contribution in [2.24, 2.45) is 0 Å². The van der Waals surface area contributed by atoms with E-state index in [1.165, 1.54) is 30.6 Å². The summed E-state index contributed by atoms with van der Waals surface area (Å²) in [4.78, 5) is 18.8. The number of nitrogens with zero attached hydrogens (tertiary/aromatic N) is 3. The first kappa shape index (κ1) is 21.5. The molecule has 5 rings (SSSR count). The van der Waals surface area contributed by atoms with Crippen LogP contribution in [0.1, 0.15) is 18.6 Å². The molecule has 1 aliphatic rings. The Balaban J connectivity index is 1.35. The molecule has 2 aromatic heterocycles. The van der Waals surface area contributed by atoms with E-state index >= 15 is 0 Å². The van der Waals surface area contributed by atoms with Crippen molar-refractivity contribution in [1.29, 1.82) is 0 Å². The van der Waals surface area contributed by atoms with Crippen molar-refractivity contribution in [3.63, 3.8) is 0 Å². The number of nitrogens with one attached hydrogen (secondary N) is 1. The van der Waals surface area contributed by atoms with Crippen molar-refractivity contribution in [2.75, 3.05) is 19.0 Å². The molecule has 0 spiro atoms. The van der Waals surface area contributed by atoms with Gasteiger partial charge in [0.05, 0.1) is 17.3 Å². The third-order valence-corrected chi connectivity index (χ3v) is 6.84. The number of rotatable bonds is 5. The fourth-order valence-electron chi connectivity index (χ4n) is 3.88. The average Bonchev–Trinajstić information content (AvgIpc) is 3.57. The molecule has 3 heterocycles. The first-order valence-corrected chi connectivity index (χ1v) is 11.5. The minimum Gasteiger partial charge on any atom is -0.467 e. The summed E-state index contributed by atoms with van der Waals surface area (Å²) >= 11 is 6.96. The van der Waals surface area contributed by atoms with Crippen molar-refractivity contribution < 1.29 is 18.4 Å². The van der Waals surface area contributed by atoms with Gasteiger partial charge in [-0.1, -0.05) is 40.8 Å². The quantitative estimate of drug-likeness (QED) is 0.309. The number of aromatic nitrogens is 2. The third-order valence-electron chi connectivity index (χ3n) is 5.47. The predicted molar refractivity (Wildman–Crippen MR) is 128 cm³/mol.